The number of amides is 3. The highest BCUT2D eigenvalue weighted by Crippen LogP contribution is 2.16. The lowest BCUT2D eigenvalue weighted by Gasteiger charge is -2.23. The Morgan fingerprint density at radius 3 is 2.52 bits per heavy atom. The Bertz CT molecular complexity index is 817. The molecule has 2 N–H and O–H groups in total. The smallest absolute Gasteiger partial charge is 0.254 e. The number of nitrogens with one attached hydrogen (secondary N) is 2. The zero-order valence-electron chi connectivity index (χ0n) is 14.2. The molecule has 1 aromatic carbocycles. The Labute approximate surface area is 144 Å². The second kappa shape index (κ2) is 6.88. The number of rotatable bonds is 2. The van der Waals surface area contributed by atoms with Crippen LogP contribution in [-0.2, 0) is 9.59 Å². The topological polar surface area (TPSA) is 111 Å². The van der Waals surface area contributed by atoms with Crippen LogP contribution in [-0.4, -0.2) is 76.2 Å². The van der Waals surface area contributed by atoms with Crippen LogP contribution in [0, 0.1) is 5.92 Å². The van der Waals surface area contributed by atoms with Crippen molar-refractivity contribution in [2.24, 2.45) is 5.92 Å². The number of H-pyrrole nitrogens is 1. The van der Waals surface area contributed by atoms with E-state index in [1.807, 2.05) is 0 Å². The summed E-state index contributed by atoms with van der Waals surface area (Å²) >= 11 is 0. The van der Waals surface area contributed by atoms with Gasteiger partial charge in [0.1, 0.15) is 11.0 Å². The van der Waals surface area contributed by atoms with Crippen molar-refractivity contribution < 1.29 is 14.4 Å². The van der Waals surface area contributed by atoms with Gasteiger partial charge in [-0.1, -0.05) is 0 Å². The maximum atomic E-state index is 12.9. The highest BCUT2D eigenvalue weighted by Gasteiger charge is 2.31. The van der Waals surface area contributed by atoms with Crippen LogP contribution in [0.25, 0.3) is 11.0 Å². The lowest BCUT2D eigenvalue weighted by atomic mass is 10.1. The summed E-state index contributed by atoms with van der Waals surface area (Å²) in [5.41, 5.74) is 1.76. The van der Waals surface area contributed by atoms with E-state index in [1.54, 1.807) is 35.0 Å². The first-order valence-corrected chi connectivity index (χ1v) is 8.06. The van der Waals surface area contributed by atoms with Gasteiger partial charge in [0, 0.05) is 45.7 Å². The number of aromatic amines is 1. The van der Waals surface area contributed by atoms with E-state index in [-0.39, 0.29) is 24.3 Å². The van der Waals surface area contributed by atoms with Gasteiger partial charge in [-0.25, -0.2) is 0 Å². The second-order valence-electron chi connectivity index (χ2n) is 6.05. The zero-order valence-corrected chi connectivity index (χ0v) is 14.2. The number of aromatic nitrogens is 3. The summed E-state index contributed by atoms with van der Waals surface area (Å²) in [6.45, 7) is 2.82. The molecular formula is C16H20N6O3. The molecule has 2 aromatic rings. The molecule has 1 atom stereocenters. The zero-order chi connectivity index (χ0) is 18.0. The van der Waals surface area contributed by atoms with E-state index in [4.69, 9.17) is 0 Å². The molecule has 0 unspecified atom stereocenters. The summed E-state index contributed by atoms with van der Waals surface area (Å²) in [5.74, 6) is -0.939. The molecule has 0 aliphatic carbocycles. The number of nitrogens with zero attached hydrogens (tertiary/aromatic N) is 4. The third kappa shape index (κ3) is 3.44. The Kier molecular flexibility index (Phi) is 4.64. The maximum Gasteiger partial charge on any atom is 0.254 e. The van der Waals surface area contributed by atoms with Crippen LogP contribution >= 0.6 is 0 Å². The van der Waals surface area contributed by atoms with E-state index >= 15 is 0 Å². The van der Waals surface area contributed by atoms with Gasteiger partial charge in [-0.15, -0.1) is 0 Å². The van der Waals surface area contributed by atoms with E-state index < -0.39 is 5.92 Å². The molecule has 132 valence electrons. The molecule has 3 amide bonds. The summed E-state index contributed by atoms with van der Waals surface area (Å²) in [6, 6.07) is 5.08. The van der Waals surface area contributed by atoms with Gasteiger partial charge in [0.25, 0.3) is 5.91 Å². The molecule has 0 bridgehead atoms. The molecule has 0 saturated carbocycles. The number of fused-ring (bicyclic) bond motifs is 1. The fourth-order valence-corrected chi connectivity index (χ4v) is 3.01. The summed E-state index contributed by atoms with van der Waals surface area (Å²) in [6.07, 6.45) is 0. The van der Waals surface area contributed by atoms with Gasteiger partial charge in [0.15, 0.2) is 0 Å². The molecule has 1 aromatic heterocycles. The molecule has 2 heterocycles. The van der Waals surface area contributed by atoms with E-state index in [0.717, 1.165) is 0 Å². The summed E-state index contributed by atoms with van der Waals surface area (Å²) in [5, 5.41) is 13.1. The van der Waals surface area contributed by atoms with Crippen LogP contribution in [0.5, 0.6) is 0 Å². The number of hydrogen-bond acceptors (Lipinski definition) is 5. The molecule has 1 fully saturated rings. The van der Waals surface area contributed by atoms with Crippen LogP contribution in [0.3, 0.4) is 0 Å². The molecule has 1 aliphatic rings. The highest BCUT2D eigenvalue weighted by molar-refractivity contribution is 5.97. The van der Waals surface area contributed by atoms with Crippen molar-refractivity contribution in [2.75, 3.05) is 33.2 Å². The minimum Gasteiger partial charge on any atom is -0.359 e. The number of benzene rings is 1. The van der Waals surface area contributed by atoms with Crippen molar-refractivity contribution in [3.8, 4) is 0 Å². The van der Waals surface area contributed by atoms with E-state index in [2.05, 4.69) is 20.7 Å². The van der Waals surface area contributed by atoms with Crippen LogP contribution in [0.2, 0.25) is 0 Å². The van der Waals surface area contributed by atoms with Crippen molar-refractivity contribution in [3.63, 3.8) is 0 Å². The number of hydrogen-bond donors (Lipinski definition) is 2. The minimum absolute atomic E-state index is 0.104. The van der Waals surface area contributed by atoms with Crippen LogP contribution in [0.1, 0.15) is 17.3 Å². The summed E-state index contributed by atoms with van der Waals surface area (Å²) < 4.78 is 0. The van der Waals surface area contributed by atoms with Gasteiger partial charge in [-0.2, -0.15) is 15.4 Å². The Morgan fingerprint density at radius 1 is 1.12 bits per heavy atom. The van der Waals surface area contributed by atoms with Crippen LogP contribution in [0.15, 0.2) is 18.2 Å². The third-order valence-electron chi connectivity index (χ3n) is 4.43. The molecule has 25 heavy (non-hydrogen) atoms. The van der Waals surface area contributed by atoms with Crippen molar-refractivity contribution in [1.82, 2.24) is 30.5 Å². The fourth-order valence-electron chi connectivity index (χ4n) is 3.01. The van der Waals surface area contributed by atoms with Gasteiger partial charge < -0.3 is 15.1 Å². The first kappa shape index (κ1) is 16.9. The number of carbonyl (C=O) groups excluding carboxylic acids is 3. The number of carbonyl (C=O) groups is 3. The lowest BCUT2D eigenvalue weighted by molar-refractivity contribution is -0.130. The van der Waals surface area contributed by atoms with Gasteiger partial charge >= 0.3 is 0 Å². The predicted molar refractivity (Wildman–Crippen MR) is 89.6 cm³/mol. The monoisotopic (exact) mass is 344 g/mol. The molecule has 9 heteroatoms. The van der Waals surface area contributed by atoms with E-state index in [9.17, 15) is 14.4 Å². The first-order chi connectivity index (χ1) is 12.0. The maximum absolute atomic E-state index is 12.9. The summed E-state index contributed by atoms with van der Waals surface area (Å²) in [7, 11) is 1.55. The molecule has 0 spiro atoms. The van der Waals surface area contributed by atoms with Crippen LogP contribution in [0.4, 0.5) is 0 Å². The average Bonchev–Trinajstić information content (AvgIpc) is 2.96. The first-order valence-electron chi connectivity index (χ1n) is 8.06. The van der Waals surface area contributed by atoms with Crippen molar-refractivity contribution >= 4 is 28.8 Å². The van der Waals surface area contributed by atoms with Gasteiger partial charge in [-0.05, 0) is 18.2 Å². The van der Waals surface area contributed by atoms with E-state index in [1.165, 1.54) is 6.92 Å². The Hall–Kier alpha value is -2.97. The van der Waals surface area contributed by atoms with Crippen LogP contribution < -0.4 is 5.32 Å². The molecular weight excluding hydrogens is 324 g/mol. The predicted octanol–water partition coefficient (Wildman–Crippen LogP) is -0.376. The molecule has 1 saturated heterocycles. The minimum atomic E-state index is -0.462. The van der Waals surface area contributed by atoms with Crippen molar-refractivity contribution in [2.45, 2.75) is 6.92 Å². The quantitative estimate of drug-likeness (QED) is 0.772. The Morgan fingerprint density at radius 2 is 1.80 bits per heavy atom. The summed E-state index contributed by atoms with van der Waals surface area (Å²) in [4.78, 5) is 40.0. The normalized spacial score (nSPS) is 18.1. The van der Waals surface area contributed by atoms with Gasteiger partial charge in [0.2, 0.25) is 11.8 Å². The standard InChI is InChI=1S/C16H20N6O3/c1-10(23)21-5-6-22(9-12(8-21)15(24)17-2)16(25)11-3-4-13-14(7-11)19-20-18-13/h3-4,7,12H,5-6,8-9H2,1-2H3,(H,17,24)(H,18,19,20)/t12-/m0/s1. The van der Waals surface area contributed by atoms with Crippen molar-refractivity contribution in [3.05, 3.63) is 23.8 Å². The average molecular weight is 344 g/mol. The van der Waals surface area contributed by atoms with Crippen molar-refractivity contribution in [1.29, 1.82) is 0 Å². The van der Waals surface area contributed by atoms with Gasteiger partial charge in [-0.3, -0.25) is 14.4 Å². The lowest BCUT2D eigenvalue weighted by Crippen LogP contribution is -2.42. The third-order valence-corrected chi connectivity index (χ3v) is 4.43. The Balaban J connectivity index is 1.84. The van der Waals surface area contributed by atoms with Gasteiger partial charge in [0.05, 0.1) is 5.92 Å². The molecule has 0 radical (unpaired) electrons. The molecule has 1 aliphatic heterocycles. The molecule has 3 rings (SSSR count). The SMILES string of the molecule is CNC(=O)[C@H]1CN(C(C)=O)CCN(C(=O)c2ccc3n[nH]nc3c2)C1. The highest BCUT2D eigenvalue weighted by atomic mass is 16.2. The largest absolute Gasteiger partial charge is 0.359 e. The fraction of sp³-hybridized carbons (Fsp3) is 0.438. The molecule has 9 nitrogen and oxygen atoms in total. The van der Waals surface area contributed by atoms with E-state index in [0.29, 0.717) is 36.2 Å². The second-order valence-corrected chi connectivity index (χ2v) is 6.05.